The van der Waals surface area contributed by atoms with Gasteiger partial charge in [0.1, 0.15) is 12.6 Å². The number of carbonyl (C=O) groups is 4. The lowest BCUT2D eigenvalue weighted by atomic mass is 9.94. The van der Waals surface area contributed by atoms with Crippen LogP contribution in [0, 0.1) is 10.1 Å². The van der Waals surface area contributed by atoms with E-state index >= 15 is 0 Å². The molecule has 0 spiro atoms. The number of nitrogens with zero attached hydrogens (tertiary/aromatic N) is 4. The van der Waals surface area contributed by atoms with Crippen molar-refractivity contribution in [2.75, 3.05) is 52.5 Å². The molecule has 50 heavy (non-hydrogen) atoms. The molecule has 2 aliphatic heterocycles. The standard InChI is InChI=1S/C36H48N6O8/c1-4-5-17-37-34(44)27(3)40(20-19-39-21-23-49-24-22-39)31(43)12-9-18-41-26(2)32(35(45)50-25-28-10-7-6-8-11-28)33(38-36(41)46)29-13-15-30(16-14-29)42(47)48/h6-8,10-11,13-16,27,33H,4-5,9,12,17-25H2,1-3H3,(H,37,44)(H,38,46). The van der Waals surface area contributed by atoms with Crippen LogP contribution in [0.1, 0.15) is 63.6 Å². The number of esters is 1. The van der Waals surface area contributed by atoms with E-state index in [1.54, 1.807) is 18.7 Å². The highest BCUT2D eigenvalue weighted by atomic mass is 16.6. The Balaban J connectivity index is 1.49. The number of carbonyl (C=O) groups excluding carboxylic acids is 4. The molecule has 0 aromatic heterocycles. The van der Waals surface area contributed by atoms with Gasteiger partial charge in [0.05, 0.1) is 29.8 Å². The average molecular weight is 693 g/mol. The minimum atomic E-state index is -0.910. The Morgan fingerprint density at radius 3 is 2.44 bits per heavy atom. The van der Waals surface area contributed by atoms with Gasteiger partial charge in [-0.05, 0) is 49.9 Å². The summed E-state index contributed by atoms with van der Waals surface area (Å²) < 4.78 is 11.1. The van der Waals surface area contributed by atoms with E-state index in [4.69, 9.17) is 9.47 Å². The second kappa shape index (κ2) is 18.8. The smallest absolute Gasteiger partial charge is 0.338 e. The number of unbranched alkanes of at least 4 members (excludes halogenated alkanes) is 1. The van der Waals surface area contributed by atoms with Gasteiger partial charge in [-0.2, -0.15) is 0 Å². The zero-order valence-corrected chi connectivity index (χ0v) is 29.1. The fourth-order valence-electron chi connectivity index (χ4n) is 5.97. The maximum absolute atomic E-state index is 13.7. The predicted octanol–water partition coefficient (Wildman–Crippen LogP) is 3.92. The molecule has 2 heterocycles. The molecule has 2 aromatic carbocycles. The quantitative estimate of drug-likeness (QED) is 0.108. The lowest BCUT2D eigenvalue weighted by Gasteiger charge is -2.36. The number of amides is 4. The van der Waals surface area contributed by atoms with E-state index in [0.29, 0.717) is 44.1 Å². The van der Waals surface area contributed by atoms with Crippen molar-refractivity contribution in [2.45, 2.75) is 65.1 Å². The number of non-ortho nitro benzene ring substituents is 1. The monoisotopic (exact) mass is 692 g/mol. The van der Waals surface area contributed by atoms with E-state index in [2.05, 4.69) is 15.5 Å². The van der Waals surface area contributed by atoms with Crippen LogP contribution >= 0.6 is 0 Å². The van der Waals surface area contributed by atoms with E-state index < -0.39 is 29.0 Å². The molecular formula is C36H48N6O8. The maximum atomic E-state index is 13.7. The first-order chi connectivity index (χ1) is 24.1. The number of nitrogens with one attached hydrogen (secondary N) is 2. The molecule has 4 amide bonds. The van der Waals surface area contributed by atoms with Crippen molar-refractivity contribution in [1.82, 2.24) is 25.3 Å². The highest BCUT2D eigenvalue weighted by molar-refractivity contribution is 5.95. The summed E-state index contributed by atoms with van der Waals surface area (Å²) >= 11 is 0. The van der Waals surface area contributed by atoms with Crippen LogP contribution in [0.15, 0.2) is 65.9 Å². The van der Waals surface area contributed by atoms with E-state index in [-0.39, 0.29) is 49.1 Å². The maximum Gasteiger partial charge on any atom is 0.338 e. The number of ether oxygens (including phenoxy) is 2. The van der Waals surface area contributed by atoms with Gasteiger partial charge < -0.3 is 25.0 Å². The summed E-state index contributed by atoms with van der Waals surface area (Å²) in [6, 6.07) is 12.7. The summed E-state index contributed by atoms with van der Waals surface area (Å²) in [6.07, 6.45) is 2.13. The molecule has 0 radical (unpaired) electrons. The number of nitro benzene ring substituents is 1. The molecule has 1 saturated heterocycles. The van der Waals surface area contributed by atoms with Crippen molar-refractivity contribution in [3.63, 3.8) is 0 Å². The first kappa shape index (κ1) is 38.0. The molecular weight excluding hydrogens is 644 g/mol. The van der Waals surface area contributed by atoms with E-state index in [1.807, 2.05) is 37.3 Å². The second-order valence-corrected chi connectivity index (χ2v) is 12.4. The fourth-order valence-corrected chi connectivity index (χ4v) is 5.97. The topological polar surface area (TPSA) is 164 Å². The Morgan fingerprint density at radius 1 is 1.08 bits per heavy atom. The normalized spacial score (nSPS) is 17.1. The minimum Gasteiger partial charge on any atom is -0.457 e. The average Bonchev–Trinajstić information content (AvgIpc) is 3.12. The molecule has 2 N–H and O–H groups in total. The van der Waals surface area contributed by atoms with Crippen molar-refractivity contribution in [1.29, 1.82) is 0 Å². The van der Waals surface area contributed by atoms with Crippen molar-refractivity contribution in [2.24, 2.45) is 0 Å². The van der Waals surface area contributed by atoms with Gasteiger partial charge in [0.2, 0.25) is 11.8 Å². The number of morpholine rings is 1. The van der Waals surface area contributed by atoms with Gasteiger partial charge in [0, 0.05) is 63.5 Å². The molecule has 0 saturated carbocycles. The van der Waals surface area contributed by atoms with Crippen molar-refractivity contribution in [3.8, 4) is 0 Å². The molecule has 0 aliphatic carbocycles. The number of benzene rings is 2. The Hall–Kier alpha value is -4.82. The van der Waals surface area contributed by atoms with Crippen LogP contribution in [0.4, 0.5) is 10.5 Å². The summed E-state index contributed by atoms with van der Waals surface area (Å²) in [5.74, 6) is -1.06. The molecule has 2 aliphatic rings. The second-order valence-electron chi connectivity index (χ2n) is 12.4. The SMILES string of the molecule is CCCCNC(=O)C(C)N(CCN1CCOCC1)C(=O)CCCN1C(=O)NC(c2ccc([N+](=O)[O-])cc2)C(C(=O)OCc2ccccc2)=C1C. The first-order valence-corrected chi connectivity index (χ1v) is 17.2. The summed E-state index contributed by atoms with van der Waals surface area (Å²) in [4.78, 5) is 69.7. The van der Waals surface area contributed by atoms with Crippen LogP contribution in [-0.4, -0.2) is 102 Å². The van der Waals surface area contributed by atoms with Gasteiger partial charge in [-0.25, -0.2) is 9.59 Å². The van der Waals surface area contributed by atoms with Gasteiger partial charge in [-0.15, -0.1) is 0 Å². The third-order valence-corrected chi connectivity index (χ3v) is 9.00. The van der Waals surface area contributed by atoms with Crippen LogP contribution in [0.5, 0.6) is 0 Å². The predicted molar refractivity (Wildman–Crippen MR) is 186 cm³/mol. The van der Waals surface area contributed by atoms with Crippen LogP contribution in [0.25, 0.3) is 0 Å². The number of nitro groups is 1. The van der Waals surface area contributed by atoms with Crippen molar-refractivity contribution >= 4 is 29.5 Å². The van der Waals surface area contributed by atoms with Crippen LogP contribution in [0.3, 0.4) is 0 Å². The number of urea groups is 1. The van der Waals surface area contributed by atoms with Crippen LogP contribution < -0.4 is 10.6 Å². The zero-order chi connectivity index (χ0) is 36.0. The molecule has 2 atom stereocenters. The highest BCUT2D eigenvalue weighted by Crippen LogP contribution is 2.32. The minimum absolute atomic E-state index is 0.0103. The summed E-state index contributed by atoms with van der Waals surface area (Å²) in [6.45, 7) is 9.84. The van der Waals surface area contributed by atoms with Gasteiger partial charge in [-0.3, -0.25) is 29.5 Å². The molecule has 270 valence electrons. The molecule has 2 aromatic rings. The Kier molecular flexibility index (Phi) is 14.3. The summed E-state index contributed by atoms with van der Waals surface area (Å²) in [5.41, 5.74) is 1.68. The largest absolute Gasteiger partial charge is 0.457 e. The lowest BCUT2D eigenvalue weighted by Crippen LogP contribution is -2.51. The van der Waals surface area contributed by atoms with Gasteiger partial charge in [-0.1, -0.05) is 43.7 Å². The Labute approximate surface area is 292 Å². The number of hydrogen-bond donors (Lipinski definition) is 2. The fraction of sp³-hybridized carbons (Fsp3) is 0.500. The number of hydrogen-bond acceptors (Lipinski definition) is 9. The van der Waals surface area contributed by atoms with E-state index in [9.17, 15) is 29.3 Å². The molecule has 1 fully saturated rings. The Bertz CT molecular complexity index is 1510. The van der Waals surface area contributed by atoms with Crippen LogP contribution in [-0.2, 0) is 30.5 Å². The van der Waals surface area contributed by atoms with E-state index in [0.717, 1.165) is 31.5 Å². The third kappa shape index (κ3) is 10.3. The van der Waals surface area contributed by atoms with Crippen molar-refractivity contribution in [3.05, 3.63) is 87.1 Å². The molecule has 0 bridgehead atoms. The van der Waals surface area contributed by atoms with E-state index in [1.165, 1.54) is 29.2 Å². The summed E-state index contributed by atoms with van der Waals surface area (Å²) in [5, 5.41) is 17.0. The summed E-state index contributed by atoms with van der Waals surface area (Å²) in [7, 11) is 0. The lowest BCUT2D eigenvalue weighted by molar-refractivity contribution is -0.384. The number of rotatable bonds is 17. The molecule has 4 rings (SSSR count). The first-order valence-electron chi connectivity index (χ1n) is 17.2. The molecule has 14 heteroatoms. The van der Waals surface area contributed by atoms with Gasteiger partial charge >= 0.3 is 12.0 Å². The third-order valence-electron chi connectivity index (χ3n) is 9.00. The number of allylic oxidation sites excluding steroid dienone is 1. The molecule has 2 unspecified atom stereocenters. The van der Waals surface area contributed by atoms with Gasteiger partial charge in [0.15, 0.2) is 0 Å². The molecule has 14 nitrogen and oxygen atoms in total. The van der Waals surface area contributed by atoms with Crippen LogP contribution in [0.2, 0.25) is 0 Å². The van der Waals surface area contributed by atoms with Crippen molar-refractivity contribution < 1.29 is 33.6 Å². The Morgan fingerprint density at radius 2 is 1.78 bits per heavy atom. The zero-order valence-electron chi connectivity index (χ0n) is 29.1. The highest BCUT2D eigenvalue weighted by Gasteiger charge is 2.37. The van der Waals surface area contributed by atoms with Gasteiger partial charge in [0.25, 0.3) is 5.69 Å².